The highest BCUT2D eigenvalue weighted by Gasteiger charge is 1.99. The van der Waals surface area contributed by atoms with Crippen LogP contribution in [0, 0.1) is 11.3 Å². The van der Waals surface area contributed by atoms with Gasteiger partial charge in [-0.25, -0.2) is 0 Å². The van der Waals surface area contributed by atoms with E-state index in [9.17, 15) is 4.79 Å². The lowest BCUT2D eigenvalue weighted by Gasteiger charge is -2.00. The predicted octanol–water partition coefficient (Wildman–Crippen LogP) is 0.935. The molecule has 4 heteroatoms. The highest BCUT2D eigenvalue weighted by molar-refractivity contribution is 5.75. The van der Waals surface area contributed by atoms with E-state index >= 15 is 0 Å². The molecular formula is C9H11N3O. The van der Waals surface area contributed by atoms with Gasteiger partial charge < -0.3 is 10.3 Å². The van der Waals surface area contributed by atoms with Crippen LogP contribution >= 0.6 is 0 Å². The third-order valence-electron chi connectivity index (χ3n) is 1.60. The lowest BCUT2D eigenvalue weighted by atomic mass is 10.3. The number of nitrogens with one attached hydrogen (secondary N) is 2. The molecule has 0 aromatic carbocycles. The van der Waals surface area contributed by atoms with Crippen molar-refractivity contribution in [1.29, 1.82) is 5.26 Å². The van der Waals surface area contributed by atoms with Crippen molar-refractivity contribution in [3.63, 3.8) is 0 Å². The molecule has 0 unspecified atom stereocenters. The molecule has 0 bridgehead atoms. The van der Waals surface area contributed by atoms with Gasteiger partial charge in [0.25, 0.3) is 0 Å². The van der Waals surface area contributed by atoms with E-state index in [1.54, 1.807) is 6.20 Å². The number of nitrogens with zero attached hydrogens (tertiary/aromatic N) is 1. The van der Waals surface area contributed by atoms with Crippen LogP contribution in [-0.2, 0) is 11.3 Å². The van der Waals surface area contributed by atoms with Crippen molar-refractivity contribution in [2.75, 3.05) is 0 Å². The number of hydrogen-bond acceptors (Lipinski definition) is 2. The van der Waals surface area contributed by atoms with Crippen LogP contribution in [-0.4, -0.2) is 10.9 Å². The van der Waals surface area contributed by atoms with E-state index in [1.165, 1.54) is 0 Å². The van der Waals surface area contributed by atoms with Crippen molar-refractivity contribution in [3.05, 3.63) is 24.0 Å². The highest BCUT2D eigenvalue weighted by atomic mass is 16.1. The normalized spacial score (nSPS) is 9.15. The van der Waals surface area contributed by atoms with E-state index in [2.05, 4.69) is 10.3 Å². The van der Waals surface area contributed by atoms with Gasteiger partial charge in [0, 0.05) is 24.7 Å². The van der Waals surface area contributed by atoms with Crippen LogP contribution in [0.25, 0.3) is 0 Å². The average Bonchev–Trinajstić information content (AvgIpc) is 2.64. The van der Waals surface area contributed by atoms with Crippen LogP contribution in [0.2, 0.25) is 0 Å². The summed E-state index contributed by atoms with van der Waals surface area (Å²) in [5.41, 5.74) is 0.963. The Hall–Kier alpha value is -1.76. The summed E-state index contributed by atoms with van der Waals surface area (Å²) >= 11 is 0. The molecule has 13 heavy (non-hydrogen) atoms. The van der Waals surface area contributed by atoms with Crippen molar-refractivity contribution in [2.45, 2.75) is 19.4 Å². The van der Waals surface area contributed by atoms with Crippen molar-refractivity contribution < 1.29 is 4.79 Å². The van der Waals surface area contributed by atoms with Gasteiger partial charge in [-0.2, -0.15) is 5.26 Å². The topological polar surface area (TPSA) is 68.7 Å². The fourth-order valence-corrected chi connectivity index (χ4v) is 0.929. The van der Waals surface area contributed by atoms with Gasteiger partial charge in [-0.3, -0.25) is 4.79 Å². The van der Waals surface area contributed by atoms with Gasteiger partial charge in [0.05, 0.1) is 12.6 Å². The zero-order valence-electron chi connectivity index (χ0n) is 7.21. The fourth-order valence-electron chi connectivity index (χ4n) is 0.929. The SMILES string of the molecule is N#CCCC(=O)NCc1ccc[nH]1. The second-order valence-corrected chi connectivity index (χ2v) is 2.63. The summed E-state index contributed by atoms with van der Waals surface area (Å²) in [4.78, 5) is 14.0. The average molecular weight is 177 g/mol. The van der Waals surface area contributed by atoms with Crippen LogP contribution in [0.15, 0.2) is 18.3 Å². The quantitative estimate of drug-likeness (QED) is 0.718. The van der Waals surface area contributed by atoms with E-state index in [1.807, 2.05) is 18.2 Å². The van der Waals surface area contributed by atoms with Crippen molar-refractivity contribution in [1.82, 2.24) is 10.3 Å². The Morgan fingerprint density at radius 3 is 3.15 bits per heavy atom. The molecule has 1 aromatic heterocycles. The number of rotatable bonds is 4. The van der Waals surface area contributed by atoms with Gasteiger partial charge in [0.2, 0.25) is 5.91 Å². The maximum atomic E-state index is 11.0. The molecule has 0 aliphatic heterocycles. The first-order chi connectivity index (χ1) is 6.33. The Bertz CT molecular complexity index is 297. The first kappa shape index (κ1) is 9.33. The minimum absolute atomic E-state index is 0.0869. The molecule has 1 rings (SSSR count). The summed E-state index contributed by atoms with van der Waals surface area (Å²) < 4.78 is 0. The number of carbonyl (C=O) groups is 1. The Morgan fingerprint density at radius 2 is 2.54 bits per heavy atom. The van der Waals surface area contributed by atoms with Crippen LogP contribution in [0.1, 0.15) is 18.5 Å². The zero-order chi connectivity index (χ0) is 9.52. The predicted molar refractivity (Wildman–Crippen MR) is 47.5 cm³/mol. The van der Waals surface area contributed by atoms with E-state index in [4.69, 9.17) is 5.26 Å². The molecule has 0 fully saturated rings. The Labute approximate surface area is 76.6 Å². The molecule has 0 spiro atoms. The minimum atomic E-state index is -0.0869. The Morgan fingerprint density at radius 1 is 1.69 bits per heavy atom. The fraction of sp³-hybridized carbons (Fsp3) is 0.333. The summed E-state index contributed by atoms with van der Waals surface area (Å²) in [7, 11) is 0. The molecular weight excluding hydrogens is 166 g/mol. The number of nitriles is 1. The molecule has 0 aliphatic carbocycles. The van der Waals surface area contributed by atoms with E-state index in [0.29, 0.717) is 6.54 Å². The first-order valence-corrected chi connectivity index (χ1v) is 4.09. The third-order valence-corrected chi connectivity index (χ3v) is 1.60. The second kappa shape index (κ2) is 4.99. The molecule has 1 amide bonds. The van der Waals surface area contributed by atoms with E-state index in [0.717, 1.165) is 5.69 Å². The summed E-state index contributed by atoms with van der Waals surface area (Å²) in [5.74, 6) is -0.0869. The highest BCUT2D eigenvalue weighted by Crippen LogP contribution is 1.94. The molecule has 0 saturated heterocycles. The van der Waals surface area contributed by atoms with E-state index in [-0.39, 0.29) is 18.7 Å². The van der Waals surface area contributed by atoms with Gasteiger partial charge in [-0.05, 0) is 12.1 Å². The zero-order valence-corrected chi connectivity index (χ0v) is 7.21. The van der Waals surface area contributed by atoms with Gasteiger partial charge >= 0.3 is 0 Å². The van der Waals surface area contributed by atoms with E-state index < -0.39 is 0 Å². The van der Waals surface area contributed by atoms with Gasteiger partial charge in [-0.15, -0.1) is 0 Å². The van der Waals surface area contributed by atoms with Crippen molar-refractivity contribution in [3.8, 4) is 6.07 Å². The molecule has 0 radical (unpaired) electrons. The lowest BCUT2D eigenvalue weighted by Crippen LogP contribution is -2.22. The molecule has 68 valence electrons. The number of carbonyl (C=O) groups excluding carboxylic acids is 1. The number of hydrogen-bond donors (Lipinski definition) is 2. The Kier molecular flexibility index (Phi) is 3.58. The number of H-pyrrole nitrogens is 1. The lowest BCUT2D eigenvalue weighted by molar-refractivity contribution is -0.121. The number of aromatic amines is 1. The molecule has 0 aliphatic rings. The van der Waals surface area contributed by atoms with Crippen LogP contribution in [0.4, 0.5) is 0 Å². The monoisotopic (exact) mass is 177 g/mol. The van der Waals surface area contributed by atoms with Crippen molar-refractivity contribution >= 4 is 5.91 Å². The van der Waals surface area contributed by atoms with Crippen molar-refractivity contribution in [2.24, 2.45) is 0 Å². The molecule has 4 nitrogen and oxygen atoms in total. The van der Waals surface area contributed by atoms with Crippen LogP contribution < -0.4 is 5.32 Å². The summed E-state index contributed by atoms with van der Waals surface area (Å²) in [6, 6.07) is 5.69. The van der Waals surface area contributed by atoms with Gasteiger partial charge in [0.15, 0.2) is 0 Å². The van der Waals surface area contributed by atoms with Crippen LogP contribution in [0.5, 0.6) is 0 Å². The van der Waals surface area contributed by atoms with Gasteiger partial charge in [-0.1, -0.05) is 0 Å². The smallest absolute Gasteiger partial charge is 0.221 e. The van der Waals surface area contributed by atoms with Crippen LogP contribution in [0.3, 0.4) is 0 Å². The largest absolute Gasteiger partial charge is 0.364 e. The third kappa shape index (κ3) is 3.43. The maximum absolute atomic E-state index is 11.0. The first-order valence-electron chi connectivity index (χ1n) is 4.09. The summed E-state index contributed by atoms with van der Waals surface area (Å²) in [5, 5.41) is 10.9. The molecule has 1 heterocycles. The minimum Gasteiger partial charge on any atom is -0.364 e. The summed E-state index contributed by atoms with van der Waals surface area (Å²) in [6.45, 7) is 0.497. The Balaban J connectivity index is 2.20. The van der Waals surface area contributed by atoms with Gasteiger partial charge in [0.1, 0.15) is 0 Å². The maximum Gasteiger partial charge on any atom is 0.221 e. The standard InChI is InChI=1S/C9H11N3O/c10-5-1-4-9(13)12-7-8-3-2-6-11-8/h2-3,6,11H,1,4,7H2,(H,12,13). The molecule has 0 saturated carbocycles. The molecule has 1 aromatic rings. The second-order valence-electron chi connectivity index (χ2n) is 2.63. The number of aromatic nitrogens is 1. The number of amides is 1. The summed E-state index contributed by atoms with van der Waals surface area (Å²) in [6.07, 6.45) is 2.35. The molecule has 2 N–H and O–H groups in total. The molecule has 0 atom stereocenters.